The summed E-state index contributed by atoms with van der Waals surface area (Å²) < 4.78 is 25.8. The van der Waals surface area contributed by atoms with E-state index in [2.05, 4.69) is 12.6 Å². The molecule has 0 saturated heterocycles. The highest BCUT2D eigenvalue weighted by molar-refractivity contribution is 7.80. The lowest BCUT2D eigenvalue weighted by Gasteiger charge is -1.99. The topological polar surface area (TPSA) is 43.1 Å². The van der Waals surface area contributed by atoms with Gasteiger partial charge in [0, 0.05) is 11.8 Å². The van der Waals surface area contributed by atoms with Crippen molar-refractivity contribution >= 4 is 24.4 Å². The highest BCUT2D eigenvalue weighted by Crippen LogP contribution is 2.25. The Labute approximate surface area is 90.0 Å². The highest BCUT2D eigenvalue weighted by Gasteiger charge is 2.19. The molecule has 80 valence electrons. The van der Waals surface area contributed by atoms with Gasteiger partial charge in [-0.2, -0.15) is 17.0 Å². The van der Waals surface area contributed by atoms with E-state index in [9.17, 15) is 18.9 Å². The predicted molar refractivity (Wildman–Crippen MR) is 55.9 cm³/mol. The van der Waals surface area contributed by atoms with Gasteiger partial charge < -0.3 is 0 Å². The van der Waals surface area contributed by atoms with Gasteiger partial charge >= 0.3 is 5.69 Å². The molecule has 0 aliphatic heterocycles. The lowest BCUT2D eigenvalue weighted by Crippen LogP contribution is -1.97. The maximum absolute atomic E-state index is 13.1. The van der Waals surface area contributed by atoms with Crippen LogP contribution < -0.4 is 0 Å². The van der Waals surface area contributed by atoms with Crippen LogP contribution in [0.3, 0.4) is 0 Å². The van der Waals surface area contributed by atoms with E-state index in [1.807, 2.05) is 0 Å². The highest BCUT2D eigenvalue weighted by atomic mass is 32.1. The van der Waals surface area contributed by atoms with Gasteiger partial charge in [-0.25, -0.2) is 4.39 Å². The van der Waals surface area contributed by atoms with Gasteiger partial charge in [-0.15, -0.1) is 0 Å². The molecule has 0 saturated carbocycles. The minimum absolute atomic E-state index is 0.105. The number of thiol groups is 1. The van der Waals surface area contributed by atoms with E-state index >= 15 is 0 Å². The Morgan fingerprint density at radius 2 is 2.13 bits per heavy atom. The number of hydrogen-bond donors (Lipinski definition) is 1. The van der Waals surface area contributed by atoms with Gasteiger partial charge in [-0.05, 0) is 6.07 Å². The minimum Gasteiger partial charge on any atom is -0.258 e. The van der Waals surface area contributed by atoms with E-state index in [1.54, 1.807) is 0 Å². The summed E-state index contributed by atoms with van der Waals surface area (Å²) in [6.45, 7) is 0. The first-order valence-corrected chi connectivity index (χ1v) is 4.60. The summed E-state index contributed by atoms with van der Waals surface area (Å²) in [6.07, 6.45) is 2.72. The summed E-state index contributed by atoms with van der Waals surface area (Å²) in [5.74, 6) is -1.70. The Balaban J connectivity index is 3.33. The standard InChI is InChI=1S/C9H7F2NO2S/c10-7-4-6(2-1-3-15)9(12(13)14)8(11)5-7/h1-2,4-5,15H,3H2. The minimum atomic E-state index is -1.18. The first-order chi connectivity index (χ1) is 7.06. The van der Waals surface area contributed by atoms with Crippen LogP contribution in [0.25, 0.3) is 6.08 Å². The van der Waals surface area contributed by atoms with Crippen LogP contribution in [0.1, 0.15) is 5.56 Å². The quantitative estimate of drug-likeness (QED) is 0.494. The summed E-state index contributed by atoms with van der Waals surface area (Å²) in [6, 6.07) is 1.39. The summed E-state index contributed by atoms with van der Waals surface area (Å²) in [5, 5.41) is 10.5. The molecule has 0 spiro atoms. The van der Waals surface area contributed by atoms with Gasteiger partial charge in [0.2, 0.25) is 5.82 Å². The third kappa shape index (κ3) is 2.76. The number of nitro groups is 1. The molecule has 3 nitrogen and oxygen atoms in total. The van der Waals surface area contributed by atoms with Gasteiger partial charge in [0.25, 0.3) is 0 Å². The monoisotopic (exact) mass is 231 g/mol. The maximum atomic E-state index is 13.1. The van der Waals surface area contributed by atoms with Crippen molar-refractivity contribution in [3.63, 3.8) is 0 Å². The van der Waals surface area contributed by atoms with Gasteiger partial charge in [-0.3, -0.25) is 10.1 Å². The molecule has 0 unspecified atom stereocenters. The fourth-order valence-corrected chi connectivity index (χ4v) is 1.19. The molecule has 0 fully saturated rings. The Hall–Kier alpha value is -1.43. The van der Waals surface area contributed by atoms with Crippen molar-refractivity contribution in [1.82, 2.24) is 0 Å². The first-order valence-electron chi connectivity index (χ1n) is 3.97. The van der Waals surface area contributed by atoms with Crippen LogP contribution in [0, 0.1) is 21.7 Å². The fraction of sp³-hybridized carbons (Fsp3) is 0.111. The van der Waals surface area contributed by atoms with E-state index in [0.717, 1.165) is 6.07 Å². The molecule has 0 aliphatic carbocycles. The zero-order valence-corrected chi connectivity index (χ0v) is 8.38. The van der Waals surface area contributed by atoms with Crippen LogP contribution in [0.15, 0.2) is 18.2 Å². The Morgan fingerprint density at radius 3 is 2.67 bits per heavy atom. The number of hydrogen-bond acceptors (Lipinski definition) is 3. The lowest BCUT2D eigenvalue weighted by molar-refractivity contribution is -0.387. The van der Waals surface area contributed by atoms with Crippen LogP contribution in [0.4, 0.5) is 14.5 Å². The normalized spacial score (nSPS) is 10.9. The predicted octanol–water partition coefficient (Wildman–Crippen LogP) is 2.82. The number of benzene rings is 1. The summed E-state index contributed by atoms with van der Waals surface area (Å²) >= 11 is 3.84. The van der Waals surface area contributed by atoms with E-state index in [0.29, 0.717) is 11.8 Å². The SMILES string of the molecule is O=[N+]([O-])c1c(F)cc(F)cc1C=CCS. The average Bonchev–Trinajstić information content (AvgIpc) is 2.12. The number of rotatable bonds is 3. The lowest BCUT2D eigenvalue weighted by atomic mass is 10.1. The van der Waals surface area contributed by atoms with Gasteiger partial charge in [-0.1, -0.05) is 12.2 Å². The van der Waals surface area contributed by atoms with Crippen LogP contribution in [0.2, 0.25) is 0 Å². The molecule has 15 heavy (non-hydrogen) atoms. The van der Waals surface area contributed by atoms with Crippen molar-refractivity contribution in [1.29, 1.82) is 0 Å². The summed E-state index contributed by atoms with van der Waals surface area (Å²) in [4.78, 5) is 9.63. The molecule has 1 aromatic rings. The molecule has 6 heteroatoms. The van der Waals surface area contributed by atoms with Crippen LogP contribution in [-0.4, -0.2) is 10.7 Å². The van der Waals surface area contributed by atoms with Crippen molar-refractivity contribution in [3.05, 3.63) is 45.5 Å². The van der Waals surface area contributed by atoms with Crippen LogP contribution >= 0.6 is 12.6 Å². The smallest absolute Gasteiger partial charge is 0.258 e. The molecular weight excluding hydrogens is 224 g/mol. The Morgan fingerprint density at radius 1 is 1.47 bits per heavy atom. The number of halogens is 2. The van der Waals surface area contributed by atoms with Crippen molar-refractivity contribution in [2.45, 2.75) is 0 Å². The van der Waals surface area contributed by atoms with E-state index in [4.69, 9.17) is 0 Å². The fourth-order valence-electron chi connectivity index (χ4n) is 1.09. The summed E-state index contributed by atoms with van der Waals surface area (Å²) in [7, 11) is 0. The third-order valence-electron chi connectivity index (χ3n) is 1.64. The van der Waals surface area contributed by atoms with E-state index in [-0.39, 0.29) is 5.56 Å². The number of nitrogens with zero attached hydrogens (tertiary/aromatic N) is 1. The summed E-state index contributed by atoms with van der Waals surface area (Å²) in [5.41, 5.74) is -0.832. The van der Waals surface area contributed by atoms with Gasteiger partial charge in [0.05, 0.1) is 10.5 Å². The second-order valence-electron chi connectivity index (χ2n) is 2.67. The Kier molecular flexibility index (Phi) is 3.79. The molecule has 0 N–H and O–H groups in total. The van der Waals surface area contributed by atoms with Crippen molar-refractivity contribution in [3.8, 4) is 0 Å². The van der Waals surface area contributed by atoms with Crippen molar-refractivity contribution in [2.24, 2.45) is 0 Å². The number of nitro benzene ring substituents is 1. The zero-order chi connectivity index (χ0) is 11.4. The second-order valence-corrected chi connectivity index (χ2v) is 3.03. The zero-order valence-electron chi connectivity index (χ0n) is 7.48. The molecule has 1 rings (SSSR count). The Bertz CT molecular complexity index is 421. The van der Waals surface area contributed by atoms with Crippen molar-refractivity contribution in [2.75, 3.05) is 5.75 Å². The molecule has 0 aromatic heterocycles. The van der Waals surface area contributed by atoms with Crippen molar-refractivity contribution < 1.29 is 13.7 Å². The molecular formula is C9H7F2NO2S. The third-order valence-corrected chi connectivity index (χ3v) is 1.85. The molecule has 0 heterocycles. The molecule has 1 aromatic carbocycles. The maximum Gasteiger partial charge on any atom is 0.312 e. The van der Waals surface area contributed by atoms with Crippen LogP contribution in [-0.2, 0) is 0 Å². The molecule has 0 atom stereocenters. The molecule has 0 amide bonds. The average molecular weight is 231 g/mol. The molecule has 0 radical (unpaired) electrons. The first kappa shape index (κ1) is 11.6. The van der Waals surface area contributed by atoms with E-state index < -0.39 is 22.2 Å². The molecule has 0 bridgehead atoms. The largest absolute Gasteiger partial charge is 0.312 e. The van der Waals surface area contributed by atoms with E-state index in [1.165, 1.54) is 12.2 Å². The van der Waals surface area contributed by atoms with Gasteiger partial charge in [0.1, 0.15) is 5.82 Å². The molecule has 0 aliphatic rings. The van der Waals surface area contributed by atoms with Crippen LogP contribution in [0.5, 0.6) is 0 Å². The second kappa shape index (κ2) is 4.88. The van der Waals surface area contributed by atoms with Gasteiger partial charge in [0.15, 0.2) is 0 Å².